The highest BCUT2D eigenvalue weighted by Crippen LogP contribution is 2.27. The molecule has 1 fully saturated rings. The Morgan fingerprint density at radius 2 is 2.00 bits per heavy atom. The fourth-order valence-electron chi connectivity index (χ4n) is 1.97. The molecule has 76 valence electrons. The number of nitrogen functional groups attached to an aromatic ring is 1. The van der Waals surface area contributed by atoms with E-state index < -0.39 is 0 Å². The second-order valence-corrected chi connectivity index (χ2v) is 3.81. The Balaban J connectivity index is 2.18. The van der Waals surface area contributed by atoms with Crippen LogP contribution in [0.4, 0.5) is 10.1 Å². The van der Waals surface area contributed by atoms with Gasteiger partial charge in [-0.25, -0.2) is 4.39 Å². The van der Waals surface area contributed by atoms with E-state index >= 15 is 0 Å². The van der Waals surface area contributed by atoms with E-state index in [0.717, 1.165) is 25.9 Å². The van der Waals surface area contributed by atoms with E-state index in [4.69, 9.17) is 5.73 Å². The van der Waals surface area contributed by atoms with E-state index in [1.165, 1.54) is 11.6 Å². The molecule has 0 unspecified atom stereocenters. The lowest BCUT2D eigenvalue weighted by Crippen LogP contribution is -2.26. The average molecular weight is 194 g/mol. The zero-order valence-electron chi connectivity index (χ0n) is 8.09. The van der Waals surface area contributed by atoms with Gasteiger partial charge in [0.25, 0.3) is 0 Å². The molecule has 1 aromatic rings. The summed E-state index contributed by atoms with van der Waals surface area (Å²) in [6, 6.07) is 5.08. The number of benzene rings is 1. The van der Waals surface area contributed by atoms with Gasteiger partial charge < -0.3 is 11.1 Å². The van der Waals surface area contributed by atoms with Crippen LogP contribution in [0.3, 0.4) is 0 Å². The molecule has 2 rings (SSSR count). The number of halogens is 1. The minimum Gasteiger partial charge on any atom is -0.396 e. The van der Waals surface area contributed by atoms with E-state index in [0.29, 0.717) is 5.92 Å². The molecule has 0 spiro atoms. The molecule has 1 saturated heterocycles. The van der Waals surface area contributed by atoms with Crippen LogP contribution in [-0.4, -0.2) is 13.1 Å². The molecule has 0 aromatic heterocycles. The normalized spacial score (nSPS) is 18.4. The number of nitrogens with two attached hydrogens (primary N) is 1. The Hall–Kier alpha value is -1.09. The van der Waals surface area contributed by atoms with Crippen molar-refractivity contribution in [1.29, 1.82) is 0 Å². The largest absolute Gasteiger partial charge is 0.396 e. The van der Waals surface area contributed by atoms with Crippen LogP contribution < -0.4 is 11.1 Å². The molecule has 0 radical (unpaired) electrons. The van der Waals surface area contributed by atoms with Gasteiger partial charge in [0.1, 0.15) is 5.82 Å². The van der Waals surface area contributed by atoms with Crippen molar-refractivity contribution in [2.75, 3.05) is 18.8 Å². The first-order valence-electron chi connectivity index (χ1n) is 5.03. The van der Waals surface area contributed by atoms with E-state index in [2.05, 4.69) is 5.32 Å². The maximum atomic E-state index is 12.9. The third-order valence-corrected chi connectivity index (χ3v) is 2.83. The predicted molar refractivity (Wildman–Crippen MR) is 55.7 cm³/mol. The Morgan fingerprint density at radius 3 is 2.64 bits per heavy atom. The van der Waals surface area contributed by atoms with Crippen LogP contribution in [0.25, 0.3) is 0 Å². The first-order chi connectivity index (χ1) is 6.77. The Bertz CT molecular complexity index is 319. The van der Waals surface area contributed by atoms with Gasteiger partial charge in [-0.1, -0.05) is 6.07 Å². The Morgan fingerprint density at radius 1 is 1.29 bits per heavy atom. The second-order valence-electron chi connectivity index (χ2n) is 3.81. The number of hydrogen-bond donors (Lipinski definition) is 2. The van der Waals surface area contributed by atoms with E-state index in [1.807, 2.05) is 6.07 Å². The maximum Gasteiger partial charge on any atom is 0.146 e. The Labute approximate surface area is 83.3 Å². The summed E-state index contributed by atoms with van der Waals surface area (Å²) in [5.74, 6) is 0.224. The lowest BCUT2D eigenvalue weighted by molar-refractivity contribution is 0.460. The predicted octanol–water partition coefficient (Wildman–Crippen LogP) is 1.87. The molecule has 0 bridgehead atoms. The Kier molecular flexibility index (Phi) is 2.68. The van der Waals surface area contributed by atoms with E-state index in [9.17, 15) is 4.39 Å². The monoisotopic (exact) mass is 194 g/mol. The van der Waals surface area contributed by atoms with Crippen molar-refractivity contribution in [1.82, 2.24) is 5.32 Å². The van der Waals surface area contributed by atoms with Crippen LogP contribution in [0.15, 0.2) is 18.2 Å². The number of anilines is 1. The fourth-order valence-corrected chi connectivity index (χ4v) is 1.97. The van der Waals surface area contributed by atoms with Gasteiger partial charge in [-0.2, -0.15) is 0 Å². The maximum absolute atomic E-state index is 12.9. The highest BCUT2D eigenvalue weighted by molar-refractivity contribution is 5.43. The minimum atomic E-state index is -0.317. The third-order valence-electron chi connectivity index (χ3n) is 2.83. The van der Waals surface area contributed by atoms with Gasteiger partial charge in [0.2, 0.25) is 0 Å². The zero-order chi connectivity index (χ0) is 9.97. The smallest absolute Gasteiger partial charge is 0.146 e. The van der Waals surface area contributed by atoms with Gasteiger partial charge in [-0.15, -0.1) is 0 Å². The molecule has 1 heterocycles. The molecule has 3 heteroatoms. The van der Waals surface area contributed by atoms with Crippen molar-refractivity contribution in [3.8, 4) is 0 Å². The van der Waals surface area contributed by atoms with Gasteiger partial charge in [0.05, 0.1) is 5.69 Å². The summed E-state index contributed by atoms with van der Waals surface area (Å²) in [4.78, 5) is 0. The van der Waals surface area contributed by atoms with Crippen LogP contribution >= 0.6 is 0 Å². The molecule has 1 aliphatic rings. The quantitative estimate of drug-likeness (QED) is 0.670. The zero-order valence-corrected chi connectivity index (χ0v) is 8.09. The average Bonchev–Trinajstić information content (AvgIpc) is 2.23. The van der Waals surface area contributed by atoms with Gasteiger partial charge in [0.15, 0.2) is 0 Å². The van der Waals surface area contributed by atoms with Crippen LogP contribution in [-0.2, 0) is 0 Å². The van der Waals surface area contributed by atoms with Crippen molar-refractivity contribution >= 4 is 5.69 Å². The molecular weight excluding hydrogens is 179 g/mol. The fraction of sp³-hybridized carbons (Fsp3) is 0.455. The minimum absolute atomic E-state index is 0.265. The van der Waals surface area contributed by atoms with Crippen LogP contribution in [0.5, 0.6) is 0 Å². The summed E-state index contributed by atoms with van der Waals surface area (Å²) in [5, 5.41) is 3.31. The third kappa shape index (κ3) is 1.87. The summed E-state index contributed by atoms with van der Waals surface area (Å²) >= 11 is 0. The molecule has 3 N–H and O–H groups in total. The molecular formula is C11H15FN2. The number of piperidine rings is 1. The van der Waals surface area contributed by atoms with Crippen molar-refractivity contribution in [3.63, 3.8) is 0 Å². The van der Waals surface area contributed by atoms with Gasteiger partial charge in [-0.3, -0.25) is 0 Å². The van der Waals surface area contributed by atoms with E-state index in [-0.39, 0.29) is 11.5 Å². The number of hydrogen-bond acceptors (Lipinski definition) is 2. The summed E-state index contributed by atoms with van der Waals surface area (Å²) < 4.78 is 12.9. The lowest BCUT2D eigenvalue weighted by Gasteiger charge is -2.23. The molecule has 0 saturated carbocycles. The van der Waals surface area contributed by atoms with Gasteiger partial charge in [-0.05, 0) is 49.5 Å². The van der Waals surface area contributed by atoms with Crippen molar-refractivity contribution < 1.29 is 4.39 Å². The number of nitrogens with one attached hydrogen (secondary N) is 1. The summed E-state index contributed by atoms with van der Waals surface area (Å²) in [6.07, 6.45) is 2.23. The first kappa shape index (κ1) is 9.46. The highest BCUT2D eigenvalue weighted by Gasteiger charge is 2.15. The molecule has 1 aliphatic heterocycles. The van der Waals surface area contributed by atoms with Gasteiger partial charge in [0, 0.05) is 0 Å². The lowest BCUT2D eigenvalue weighted by atomic mass is 9.90. The van der Waals surface area contributed by atoms with Crippen molar-refractivity contribution in [2.45, 2.75) is 18.8 Å². The summed E-state index contributed by atoms with van der Waals surface area (Å²) in [5.41, 5.74) is 6.97. The number of rotatable bonds is 1. The van der Waals surface area contributed by atoms with Crippen molar-refractivity contribution in [3.05, 3.63) is 29.6 Å². The molecule has 0 amide bonds. The second kappa shape index (κ2) is 3.96. The molecule has 2 nitrogen and oxygen atoms in total. The standard InChI is InChI=1S/C11H15FN2/c12-10-2-1-9(7-11(10)13)8-3-5-14-6-4-8/h1-2,7-8,14H,3-6,13H2. The van der Waals surface area contributed by atoms with Crippen LogP contribution in [0, 0.1) is 5.82 Å². The van der Waals surface area contributed by atoms with Crippen LogP contribution in [0.2, 0.25) is 0 Å². The first-order valence-corrected chi connectivity index (χ1v) is 5.03. The molecule has 14 heavy (non-hydrogen) atoms. The highest BCUT2D eigenvalue weighted by atomic mass is 19.1. The van der Waals surface area contributed by atoms with Crippen LogP contribution in [0.1, 0.15) is 24.3 Å². The topological polar surface area (TPSA) is 38.0 Å². The molecule has 0 atom stereocenters. The molecule has 0 aliphatic carbocycles. The molecule has 1 aromatic carbocycles. The summed E-state index contributed by atoms with van der Waals surface area (Å²) in [6.45, 7) is 2.09. The SMILES string of the molecule is Nc1cc(C2CCNCC2)ccc1F. The van der Waals surface area contributed by atoms with Crippen molar-refractivity contribution in [2.24, 2.45) is 0 Å². The van der Waals surface area contributed by atoms with E-state index in [1.54, 1.807) is 6.07 Å². The van der Waals surface area contributed by atoms with Gasteiger partial charge >= 0.3 is 0 Å². The summed E-state index contributed by atoms with van der Waals surface area (Å²) in [7, 11) is 0.